The van der Waals surface area contributed by atoms with Gasteiger partial charge in [0.2, 0.25) is 0 Å². The summed E-state index contributed by atoms with van der Waals surface area (Å²) in [4.78, 5) is 0.227. The van der Waals surface area contributed by atoms with Gasteiger partial charge in [0.1, 0.15) is 5.82 Å². The van der Waals surface area contributed by atoms with E-state index in [1.165, 1.54) is 51.0 Å². The van der Waals surface area contributed by atoms with Crippen LogP contribution >= 0.6 is 27.5 Å². The van der Waals surface area contributed by atoms with E-state index in [0.717, 1.165) is 12.0 Å². The molecule has 0 saturated carbocycles. The molecule has 1 aromatic carbocycles. The van der Waals surface area contributed by atoms with Gasteiger partial charge >= 0.3 is 0 Å². The zero-order valence-electron chi connectivity index (χ0n) is 12.5. The minimum absolute atomic E-state index is 0.227. The Balaban J connectivity index is 2.32. The third kappa shape index (κ3) is 6.13. The van der Waals surface area contributed by atoms with E-state index in [-0.39, 0.29) is 10.6 Å². The van der Waals surface area contributed by atoms with E-state index in [0.29, 0.717) is 10.6 Å². The largest absolute Gasteiger partial charge is 0.207 e. The lowest BCUT2D eigenvalue weighted by atomic mass is 10.0. The van der Waals surface area contributed by atoms with Crippen molar-refractivity contribution in [3.63, 3.8) is 0 Å². The average molecular weight is 364 g/mol. The summed E-state index contributed by atoms with van der Waals surface area (Å²) in [6, 6.07) is 3.28. The monoisotopic (exact) mass is 362 g/mol. The molecule has 0 radical (unpaired) electrons. The van der Waals surface area contributed by atoms with Gasteiger partial charge < -0.3 is 0 Å². The van der Waals surface area contributed by atoms with E-state index in [9.17, 15) is 4.39 Å². The van der Waals surface area contributed by atoms with Gasteiger partial charge in [-0.1, -0.05) is 85.5 Å². The van der Waals surface area contributed by atoms with Crippen molar-refractivity contribution >= 4 is 27.5 Å². The fourth-order valence-corrected chi connectivity index (χ4v) is 3.47. The fourth-order valence-electron chi connectivity index (χ4n) is 2.36. The summed E-state index contributed by atoms with van der Waals surface area (Å²) in [6.07, 6.45) is 10.2. The topological polar surface area (TPSA) is 0 Å². The first-order valence-electron chi connectivity index (χ1n) is 7.65. The maximum absolute atomic E-state index is 13.4. The Morgan fingerprint density at radius 3 is 2.35 bits per heavy atom. The Bertz CT molecular complexity index is 406. The molecule has 1 unspecified atom stereocenters. The summed E-state index contributed by atoms with van der Waals surface area (Å²) >= 11 is 9.81. The average Bonchev–Trinajstić information content (AvgIpc) is 2.41. The first kappa shape index (κ1) is 18.0. The zero-order chi connectivity index (χ0) is 15.0. The van der Waals surface area contributed by atoms with Gasteiger partial charge in [-0.25, -0.2) is 4.39 Å². The van der Waals surface area contributed by atoms with Crippen molar-refractivity contribution in [1.82, 2.24) is 0 Å². The molecule has 0 spiro atoms. The van der Waals surface area contributed by atoms with E-state index in [4.69, 9.17) is 11.6 Å². The molecular weight excluding hydrogens is 339 g/mol. The molecular formula is C17H25BrClF. The van der Waals surface area contributed by atoms with Gasteiger partial charge in [0.15, 0.2) is 0 Å². The molecule has 0 fully saturated rings. The van der Waals surface area contributed by atoms with Crippen molar-refractivity contribution in [3.05, 3.63) is 34.1 Å². The number of alkyl halides is 1. The van der Waals surface area contributed by atoms with Crippen molar-refractivity contribution in [1.29, 1.82) is 0 Å². The van der Waals surface area contributed by atoms with E-state index >= 15 is 0 Å². The predicted octanol–water partition coefficient (Wildman–Crippen LogP) is 7.36. The number of rotatable bonds is 9. The molecule has 1 rings (SSSR count). The third-order valence-electron chi connectivity index (χ3n) is 3.68. The van der Waals surface area contributed by atoms with Crippen LogP contribution in [0.2, 0.25) is 5.02 Å². The predicted molar refractivity (Wildman–Crippen MR) is 90.4 cm³/mol. The lowest BCUT2D eigenvalue weighted by molar-refractivity contribution is 0.574. The lowest BCUT2D eigenvalue weighted by Crippen LogP contribution is -1.95. The molecule has 0 saturated heterocycles. The van der Waals surface area contributed by atoms with Crippen LogP contribution in [-0.2, 0) is 0 Å². The molecule has 0 aromatic heterocycles. The Morgan fingerprint density at radius 1 is 1.10 bits per heavy atom. The van der Waals surface area contributed by atoms with Crippen LogP contribution in [0, 0.1) is 12.7 Å². The van der Waals surface area contributed by atoms with Gasteiger partial charge in [0.05, 0.1) is 0 Å². The van der Waals surface area contributed by atoms with E-state index in [2.05, 4.69) is 22.9 Å². The molecule has 114 valence electrons. The summed E-state index contributed by atoms with van der Waals surface area (Å²) in [5.41, 5.74) is 1.67. The van der Waals surface area contributed by atoms with Gasteiger partial charge in [0.25, 0.3) is 0 Å². The van der Waals surface area contributed by atoms with Crippen LogP contribution in [0.1, 0.15) is 74.2 Å². The van der Waals surface area contributed by atoms with Crippen LogP contribution < -0.4 is 0 Å². The quantitative estimate of drug-likeness (QED) is 0.317. The van der Waals surface area contributed by atoms with E-state index in [1.54, 1.807) is 6.92 Å². The van der Waals surface area contributed by atoms with Crippen LogP contribution in [0.5, 0.6) is 0 Å². The molecule has 0 aliphatic rings. The highest BCUT2D eigenvalue weighted by molar-refractivity contribution is 9.09. The smallest absolute Gasteiger partial charge is 0.127 e. The molecule has 0 heterocycles. The maximum Gasteiger partial charge on any atom is 0.127 e. The molecule has 0 bridgehead atoms. The minimum Gasteiger partial charge on any atom is -0.207 e. The summed E-state index contributed by atoms with van der Waals surface area (Å²) in [5.74, 6) is -0.227. The van der Waals surface area contributed by atoms with Crippen LogP contribution in [0.25, 0.3) is 0 Å². The highest BCUT2D eigenvalue weighted by Crippen LogP contribution is 2.35. The summed E-state index contributed by atoms with van der Waals surface area (Å²) in [5, 5.41) is 0.526. The highest BCUT2D eigenvalue weighted by atomic mass is 79.9. The summed E-state index contributed by atoms with van der Waals surface area (Å²) in [7, 11) is 0. The van der Waals surface area contributed by atoms with Crippen molar-refractivity contribution in [2.75, 3.05) is 0 Å². The molecule has 0 N–H and O–H groups in total. The van der Waals surface area contributed by atoms with Crippen LogP contribution in [0.3, 0.4) is 0 Å². The number of halogens is 3. The molecule has 0 aliphatic carbocycles. The number of hydrogen-bond acceptors (Lipinski definition) is 0. The molecule has 20 heavy (non-hydrogen) atoms. The molecule has 0 amide bonds. The van der Waals surface area contributed by atoms with Crippen molar-refractivity contribution in [3.8, 4) is 0 Å². The minimum atomic E-state index is -0.227. The van der Waals surface area contributed by atoms with Gasteiger partial charge in [-0.15, -0.1) is 0 Å². The molecule has 0 aliphatic heterocycles. The second-order valence-electron chi connectivity index (χ2n) is 5.50. The van der Waals surface area contributed by atoms with Crippen molar-refractivity contribution in [2.45, 2.75) is 70.0 Å². The van der Waals surface area contributed by atoms with Gasteiger partial charge in [-0.05, 0) is 30.5 Å². The molecule has 3 heteroatoms. The van der Waals surface area contributed by atoms with Crippen LogP contribution in [0.15, 0.2) is 12.1 Å². The third-order valence-corrected chi connectivity index (χ3v) is 4.95. The zero-order valence-corrected chi connectivity index (χ0v) is 14.9. The first-order chi connectivity index (χ1) is 9.56. The molecule has 0 nitrogen and oxygen atoms in total. The fraction of sp³-hybridized carbons (Fsp3) is 0.647. The van der Waals surface area contributed by atoms with E-state index in [1.807, 2.05) is 6.07 Å². The first-order valence-corrected chi connectivity index (χ1v) is 8.95. The number of unbranched alkanes of at least 4 members (excludes halogenated alkanes) is 6. The van der Waals surface area contributed by atoms with Gasteiger partial charge in [-0.2, -0.15) is 0 Å². The summed E-state index contributed by atoms with van der Waals surface area (Å²) < 4.78 is 13.4. The Hall–Kier alpha value is -0.0800. The van der Waals surface area contributed by atoms with Gasteiger partial charge in [-0.3, -0.25) is 0 Å². The highest BCUT2D eigenvalue weighted by Gasteiger charge is 2.13. The summed E-state index contributed by atoms with van der Waals surface area (Å²) in [6.45, 7) is 4.02. The molecule has 1 atom stereocenters. The number of hydrogen-bond donors (Lipinski definition) is 0. The van der Waals surface area contributed by atoms with E-state index < -0.39 is 0 Å². The second kappa shape index (κ2) is 9.78. The van der Waals surface area contributed by atoms with Crippen LogP contribution in [-0.4, -0.2) is 0 Å². The SMILES string of the molecule is CCCCCCCCCC(Br)c1cc(C)c(F)cc1Cl. The Labute approximate surface area is 136 Å². The lowest BCUT2D eigenvalue weighted by Gasteiger charge is -2.13. The normalized spacial score (nSPS) is 12.7. The van der Waals surface area contributed by atoms with Crippen molar-refractivity contribution in [2.24, 2.45) is 0 Å². The standard InChI is InChI=1S/C17H25BrClF/c1-3-4-5-6-7-8-9-10-15(18)14-11-13(2)17(20)12-16(14)19/h11-12,15H,3-10H2,1-2H3. The maximum atomic E-state index is 13.4. The van der Waals surface area contributed by atoms with Crippen molar-refractivity contribution < 1.29 is 4.39 Å². The Morgan fingerprint density at radius 2 is 1.70 bits per heavy atom. The Kier molecular flexibility index (Phi) is 8.79. The van der Waals surface area contributed by atoms with Gasteiger partial charge in [0, 0.05) is 9.85 Å². The second-order valence-corrected chi connectivity index (χ2v) is 7.01. The number of benzene rings is 1. The molecule has 1 aromatic rings. The van der Waals surface area contributed by atoms with Crippen LogP contribution in [0.4, 0.5) is 4.39 Å². The number of aryl methyl sites for hydroxylation is 1.